The molecular weight excluding hydrogens is 516 g/mol. The van der Waals surface area contributed by atoms with Crippen LogP contribution in [0.4, 0.5) is 8.78 Å². The third-order valence-corrected chi connectivity index (χ3v) is 6.04. The van der Waals surface area contributed by atoms with Gasteiger partial charge in [0.1, 0.15) is 35.3 Å². The van der Waals surface area contributed by atoms with E-state index in [4.69, 9.17) is 9.26 Å². The third-order valence-electron chi connectivity index (χ3n) is 6.04. The number of ether oxygens (including phenoxy) is 1. The van der Waals surface area contributed by atoms with E-state index in [0.717, 1.165) is 12.3 Å². The molecule has 0 aliphatic carbocycles. The molecule has 208 valence electrons. The van der Waals surface area contributed by atoms with Gasteiger partial charge in [-0.3, -0.25) is 24.1 Å². The number of amides is 2. The molecule has 13 heteroatoms. The van der Waals surface area contributed by atoms with E-state index in [0.29, 0.717) is 37.1 Å². The maximum absolute atomic E-state index is 14.0. The number of benzene rings is 1. The molecule has 0 spiro atoms. The molecule has 2 aromatic heterocycles. The Hall–Kier alpha value is -4.26. The van der Waals surface area contributed by atoms with Gasteiger partial charge >= 0.3 is 0 Å². The van der Waals surface area contributed by atoms with E-state index in [1.807, 2.05) is 13.8 Å². The van der Waals surface area contributed by atoms with E-state index < -0.39 is 40.2 Å². The van der Waals surface area contributed by atoms with Crippen molar-refractivity contribution in [1.82, 2.24) is 20.0 Å². The van der Waals surface area contributed by atoms with Gasteiger partial charge in [-0.2, -0.15) is 0 Å². The number of pyridine rings is 1. The average molecular weight is 546 g/mol. The van der Waals surface area contributed by atoms with Crippen LogP contribution in [0.2, 0.25) is 0 Å². The summed E-state index contributed by atoms with van der Waals surface area (Å²) in [5.41, 5.74) is -1.31. The third kappa shape index (κ3) is 6.25. The summed E-state index contributed by atoms with van der Waals surface area (Å²) in [5, 5.41) is 18.8. The Bertz CT molecular complexity index is 1440. The van der Waals surface area contributed by atoms with E-state index in [9.17, 15) is 28.3 Å². The quantitative estimate of drug-likeness (QED) is 0.372. The highest BCUT2D eigenvalue weighted by Gasteiger charge is 2.34. The molecule has 0 bridgehead atoms. The summed E-state index contributed by atoms with van der Waals surface area (Å²) in [7, 11) is 0. The number of nitrogens with zero attached hydrogens (tertiary/aromatic N) is 4. The molecule has 4 rings (SSSR count). The zero-order valence-electron chi connectivity index (χ0n) is 21.7. The molecule has 3 aromatic rings. The summed E-state index contributed by atoms with van der Waals surface area (Å²) < 4.78 is 39.1. The van der Waals surface area contributed by atoms with Crippen molar-refractivity contribution in [3.63, 3.8) is 0 Å². The standard InChI is InChI=1S/C26H29F2N5O6/c1-15(2)38-8-4-7-31-14-32(12-19-9-16(3)39-30-19)33-13-20(23(34)24(35)22(33)26(31)37)25(36)29-11-17-5-6-18(27)10-21(17)28/h5-6,9-10,13,15,35H,4,7-8,11-12,14H2,1-3H3,(H,29,36). The molecule has 11 nitrogen and oxygen atoms in total. The normalized spacial score (nSPS) is 13.2. The first-order valence-electron chi connectivity index (χ1n) is 12.3. The van der Waals surface area contributed by atoms with E-state index in [2.05, 4.69) is 10.5 Å². The van der Waals surface area contributed by atoms with Crippen molar-refractivity contribution in [1.29, 1.82) is 0 Å². The van der Waals surface area contributed by atoms with E-state index in [-0.39, 0.29) is 37.1 Å². The molecule has 0 radical (unpaired) electrons. The Labute approximate surface area is 222 Å². The smallest absolute Gasteiger partial charge is 0.277 e. The number of carbonyl (C=O) groups excluding carboxylic acids is 2. The number of fused-ring (bicyclic) bond motifs is 1. The van der Waals surface area contributed by atoms with Crippen LogP contribution in [0.15, 0.2) is 39.8 Å². The van der Waals surface area contributed by atoms with Crippen LogP contribution in [-0.2, 0) is 17.8 Å². The van der Waals surface area contributed by atoms with Crippen LogP contribution in [-0.4, -0.2) is 57.6 Å². The van der Waals surface area contributed by atoms with Crippen LogP contribution in [0.25, 0.3) is 0 Å². The maximum atomic E-state index is 14.0. The molecule has 39 heavy (non-hydrogen) atoms. The van der Waals surface area contributed by atoms with Crippen LogP contribution in [0, 0.1) is 18.6 Å². The number of aromatic hydroxyl groups is 1. The summed E-state index contributed by atoms with van der Waals surface area (Å²) in [5.74, 6) is -3.47. The fraction of sp³-hybridized carbons (Fsp3) is 0.385. The van der Waals surface area contributed by atoms with Gasteiger partial charge in [0.15, 0.2) is 11.4 Å². The molecule has 1 aromatic carbocycles. The molecule has 1 aliphatic heterocycles. The summed E-state index contributed by atoms with van der Waals surface area (Å²) in [6.45, 7) is 6.08. The van der Waals surface area contributed by atoms with Crippen molar-refractivity contribution in [2.45, 2.75) is 46.4 Å². The minimum atomic E-state index is -1.06. The van der Waals surface area contributed by atoms with Crippen LogP contribution >= 0.6 is 0 Å². The van der Waals surface area contributed by atoms with E-state index >= 15 is 0 Å². The topological polar surface area (TPSA) is 130 Å². The highest BCUT2D eigenvalue weighted by molar-refractivity contribution is 5.99. The van der Waals surface area contributed by atoms with Gasteiger partial charge < -0.3 is 24.6 Å². The molecular formula is C26H29F2N5O6. The second-order valence-corrected chi connectivity index (χ2v) is 9.41. The zero-order valence-corrected chi connectivity index (χ0v) is 21.7. The van der Waals surface area contributed by atoms with Gasteiger partial charge in [-0.05, 0) is 33.3 Å². The molecule has 0 saturated heterocycles. The van der Waals surface area contributed by atoms with Crippen molar-refractivity contribution >= 4 is 11.8 Å². The lowest BCUT2D eigenvalue weighted by molar-refractivity contribution is 0.0566. The molecule has 2 amide bonds. The Balaban J connectivity index is 1.64. The fourth-order valence-electron chi connectivity index (χ4n) is 4.14. The number of nitrogens with one attached hydrogen (secondary N) is 1. The lowest BCUT2D eigenvalue weighted by atomic mass is 10.1. The minimum Gasteiger partial charge on any atom is -0.502 e. The lowest BCUT2D eigenvalue weighted by Crippen LogP contribution is -2.54. The average Bonchev–Trinajstić information content (AvgIpc) is 3.29. The largest absolute Gasteiger partial charge is 0.502 e. The zero-order chi connectivity index (χ0) is 28.3. The number of hydrogen-bond donors (Lipinski definition) is 2. The monoisotopic (exact) mass is 545 g/mol. The predicted molar refractivity (Wildman–Crippen MR) is 135 cm³/mol. The second kappa shape index (κ2) is 11.6. The Morgan fingerprint density at radius 1 is 1.26 bits per heavy atom. The maximum Gasteiger partial charge on any atom is 0.277 e. The molecule has 1 aliphatic rings. The van der Waals surface area contributed by atoms with Gasteiger partial charge in [0, 0.05) is 43.6 Å². The van der Waals surface area contributed by atoms with Crippen LogP contribution in [0.1, 0.15) is 58.1 Å². The summed E-state index contributed by atoms with van der Waals surface area (Å²) in [6.07, 6.45) is 1.70. The Morgan fingerprint density at radius 2 is 2.03 bits per heavy atom. The van der Waals surface area contributed by atoms with Crippen molar-refractivity contribution in [3.05, 3.63) is 80.6 Å². The summed E-state index contributed by atoms with van der Waals surface area (Å²) in [4.78, 5) is 40.7. The van der Waals surface area contributed by atoms with Gasteiger partial charge in [-0.1, -0.05) is 11.2 Å². The van der Waals surface area contributed by atoms with Gasteiger partial charge in [0.25, 0.3) is 11.8 Å². The second-order valence-electron chi connectivity index (χ2n) is 9.41. The van der Waals surface area contributed by atoms with Gasteiger partial charge in [0.05, 0.1) is 12.6 Å². The van der Waals surface area contributed by atoms with Crippen LogP contribution in [0.3, 0.4) is 0 Å². The molecule has 0 fully saturated rings. The number of carbonyl (C=O) groups is 2. The Morgan fingerprint density at radius 3 is 2.69 bits per heavy atom. The van der Waals surface area contributed by atoms with Crippen molar-refractivity contribution in [2.24, 2.45) is 0 Å². The first kappa shape index (κ1) is 27.8. The van der Waals surface area contributed by atoms with Gasteiger partial charge in [0.2, 0.25) is 5.43 Å². The van der Waals surface area contributed by atoms with Crippen molar-refractivity contribution in [3.8, 4) is 5.75 Å². The number of hydrogen-bond acceptors (Lipinski definition) is 8. The lowest BCUT2D eigenvalue weighted by Gasteiger charge is -2.39. The minimum absolute atomic E-state index is 0.00216. The number of aromatic nitrogens is 2. The SMILES string of the molecule is Cc1cc(CN2CN(CCCOC(C)C)C(=O)c3c(O)c(=O)c(C(=O)NCc4ccc(F)cc4F)cn32)no1. The summed E-state index contributed by atoms with van der Waals surface area (Å²) in [6, 6.07) is 4.59. The van der Waals surface area contributed by atoms with Crippen molar-refractivity contribution in [2.75, 3.05) is 24.8 Å². The molecule has 0 saturated carbocycles. The van der Waals surface area contributed by atoms with Crippen molar-refractivity contribution < 1.29 is 32.7 Å². The number of halogens is 2. The highest BCUT2D eigenvalue weighted by atomic mass is 19.1. The predicted octanol–water partition coefficient (Wildman–Crippen LogP) is 2.43. The van der Waals surface area contributed by atoms with Gasteiger partial charge in [-0.15, -0.1) is 0 Å². The first-order chi connectivity index (χ1) is 18.5. The van der Waals surface area contributed by atoms with E-state index in [1.54, 1.807) is 18.0 Å². The first-order valence-corrected chi connectivity index (χ1v) is 12.3. The highest BCUT2D eigenvalue weighted by Crippen LogP contribution is 2.23. The molecule has 0 atom stereocenters. The van der Waals surface area contributed by atoms with Gasteiger partial charge in [-0.25, -0.2) is 8.78 Å². The summed E-state index contributed by atoms with van der Waals surface area (Å²) >= 11 is 0. The fourth-order valence-corrected chi connectivity index (χ4v) is 4.14. The van der Waals surface area contributed by atoms with E-state index in [1.165, 1.54) is 15.6 Å². The molecule has 2 N–H and O–H groups in total. The molecule has 3 heterocycles. The number of rotatable bonds is 10. The van der Waals surface area contributed by atoms with Crippen LogP contribution < -0.4 is 15.8 Å². The van der Waals surface area contributed by atoms with Crippen LogP contribution in [0.5, 0.6) is 5.75 Å². The molecule has 0 unspecified atom stereocenters. The number of aryl methyl sites for hydroxylation is 1. The Kier molecular flexibility index (Phi) is 8.29.